The molecule has 1 aromatic carbocycles. The van der Waals surface area contributed by atoms with Gasteiger partial charge in [-0.25, -0.2) is 4.98 Å². The van der Waals surface area contributed by atoms with Crippen LogP contribution in [0.2, 0.25) is 0 Å². The number of aryl methyl sites for hydroxylation is 2. The van der Waals surface area contributed by atoms with Gasteiger partial charge in [-0.15, -0.1) is 0 Å². The summed E-state index contributed by atoms with van der Waals surface area (Å²) >= 11 is 3.48. The second kappa shape index (κ2) is 9.57. The van der Waals surface area contributed by atoms with Crippen molar-refractivity contribution in [2.75, 3.05) is 30.9 Å². The van der Waals surface area contributed by atoms with Crippen molar-refractivity contribution in [1.82, 2.24) is 15.3 Å². The summed E-state index contributed by atoms with van der Waals surface area (Å²) in [5.74, 6) is 2.14. The number of carbonyl (C=O) groups excluding carboxylic acids is 1. The number of nitrogens with one attached hydrogen (secondary N) is 2. The van der Waals surface area contributed by atoms with Crippen LogP contribution in [-0.4, -0.2) is 42.6 Å². The van der Waals surface area contributed by atoms with Crippen LogP contribution < -0.4 is 15.5 Å². The van der Waals surface area contributed by atoms with Gasteiger partial charge in [0.15, 0.2) is 0 Å². The molecule has 6 nitrogen and oxygen atoms in total. The van der Waals surface area contributed by atoms with Gasteiger partial charge >= 0.3 is 0 Å². The van der Waals surface area contributed by atoms with Gasteiger partial charge in [-0.05, 0) is 69.2 Å². The smallest absolute Gasteiger partial charge is 0.251 e. The van der Waals surface area contributed by atoms with Gasteiger partial charge in [-0.1, -0.05) is 15.9 Å². The van der Waals surface area contributed by atoms with E-state index in [1.807, 2.05) is 57.1 Å². The molecule has 1 aliphatic rings. The van der Waals surface area contributed by atoms with Crippen LogP contribution in [0.4, 0.5) is 11.8 Å². The minimum absolute atomic E-state index is 0.00484. The SMILES string of the molecule is Cc1cc(N(C)C)nc(NC2CCC(CNC(=O)c3ccc(Br)c(C)c3)CC2)n1. The van der Waals surface area contributed by atoms with E-state index >= 15 is 0 Å². The molecule has 1 aromatic heterocycles. The molecule has 1 fully saturated rings. The lowest BCUT2D eigenvalue weighted by Gasteiger charge is -2.29. The fraction of sp³-hybridized carbons (Fsp3) is 0.500. The Morgan fingerprint density at radius 3 is 2.52 bits per heavy atom. The number of hydrogen-bond acceptors (Lipinski definition) is 5. The minimum atomic E-state index is 0.00484. The first-order valence-corrected chi connectivity index (χ1v) is 10.9. The number of aromatic nitrogens is 2. The third-order valence-corrected chi connectivity index (χ3v) is 6.34. The third-order valence-electron chi connectivity index (χ3n) is 5.45. The number of hydrogen-bond donors (Lipinski definition) is 2. The number of rotatable bonds is 6. The van der Waals surface area contributed by atoms with Crippen molar-refractivity contribution < 1.29 is 4.79 Å². The summed E-state index contributed by atoms with van der Waals surface area (Å²) in [6.07, 6.45) is 4.30. The average Bonchev–Trinajstić information content (AvgIpc) is 2.69. The summed E-state index contributed by atoms with van der Waals surface area (Å²) < 4.78 is 1.02. The second-order valence-corrected chi connectivity index (χ2v) is 8.98. The molecule has 2 aromatic rings. The Balaban J connectivity index is 1.47. The summed E-state index contributed by atoms with van der Waals surface area (Å²) in [4.78, 5) is 23.5. The Morgan fingerprint density at radius 2 is 1.86 bits per heavy atom. The largest absolute Gasteiger partial charge is 0.363 e. The van der Waals surface area contributed by atoms with Crippen molar-refractivity contribution in [3.8, 4) is 0 Å². The molecule has 0 spiro atoms. The molecule has 3 rings (SSSR count). The van der Waals surface area contributed by atoms with Crippen LogP contribution in [0.5, 0.6) is 0 Å². The van der Waals surface area contributed by atoms with Gasteiger partial charge in [-0.3, -0.25) is 4.79 Å². The van der Waals surface area contributed by atoms with Gasteiger partial charge in [0.2, 0.25) is 5.95 Å². The van der Waals surface area contributed by atoms with Crippen LogP contribution >= 0.6 is 15.9 Å². The van der Waals surface area contributed by atoms with E-state index in [1.165, 1.54) is 0 Å². The van der Waals surface area contributed by atoms with Crippen LogP contribution in [-0.2, 0) is 0 Å². The van der Waals surface area contributed by atoms with E-state index in [0.717, 1.165) is 53.8 Å². The van der Waals surface area contributed by atoms with E-state index in [9.17, 15) is 4.79 Å². The fourth-order valence-corrected chi connectivity index (χ4v) is 3.91. The molecular weight excluding hydrogens is 430 g/mol. The molecule has 0 radical (unpaired) electrons. The van der Waals surface area contributed by atoms with E-state index in [0.29, 0.717) is 23.5 Å². The highest BCUT2D eigenvalue weighted by Gasteiger charge is 2.22. The maximum atomic E-state index is 12.4. The summed E-state index contributed by atoms with van der Waals surface area (Å²) in [7, 11) is 3.97. The van der Waals surface area contributed by atoms with E-state index in [4.69, 9.17) is 0 Å². The van der Waals surface area contributed by atoms with Crippen molar-refractivity contribution in [3.63, 3.8) is 0 Å². The molecule has 2 N–H and O–H groups in total. The Hall–Kier alpha value is -2.15. The van der Waals surface area contributed by atoms with Gasteiger partial charge < -0.3 is 15.5 Å². The summed E-state index contributed by atoms with van der Waals surface area (Å²) in [6.45, 7) is 4.72. The lowest BCUT2D eigenvalue weighted by Crippen LogP contribution is -2.34. The lowest BCUT2D eigenvalue weighted by atomic mass is 9.86. The molecule has 156 valence electrons. The van der Waals surface area contributed by atoms with E-state index < -0.39 is 0 Å². The quantitative estimate of drug-likeness (QED) is 0.672. The summed E-state index contributed by atoms with van der Waals surface area (Å²) in [5, 5.41) is 6.60. The van der Waals surface area contributed by atoms with Crippen molar-refractivity contribution >= 4 is 33.6 Å². The zero-order chi connectivity index (χ0) is 21.0. The van der Waals surface area contributed by atoms with Crippen LogP contribution in [0, 0.1) is 19.8 Å². The zero-order valence-electron chi connectivity index (χ0n) is 17.6. The highest BCUT2D eigenvalue weighted by molar-refractivity contribution is 9.10. The molecule has 1 saturated carbocycles. The minimum Gasteiger partial charge on any atom is -0.363 e. The van der Waals surface area contributed by atoms with Crippen LogP contribution in [0.25, 0.3) is 0 Å². The van der Waals surface area contributed by atoms with Gasteiger partial charge in [0.1, 0.15) is 5.82 Å². The molecule has 29 heavy (non-hydrogen) atoms. The lowest BCUT2D eigenvalue weighted by molar-refractivity contribution is 0.0943. The number of nitrogens with zero attached hydrogens (tertiary/aromatic N) is 3. The zero-order valence-corrected chi connectivity index (χ0v) is 19.2. The first-order chi connectivity index (χ1) is 13.8. The van der Waals surface area contributed by atoms with Gasteiger partial charge in [0.05, 0.1) is 0 Å². The summed E-state index contributed by atoms with van der Waals surface area (Å²) in [5.41, 5.74) is 2.75. The number of benzene rings is 1. The topological polar surface area (TPSA) is 70.2 Å². The van der Waals surface area contributed by atoms with Crippen molar-refractivity contribution in [2.24, 2.45) is 5.92 Å². The molecule has 0 aliphatic heterocycles. The van der Waals surface area contributed by atoms with Gasteiger partial charge in [0, 0.05) is 48.5 Å². The fourth-order valence-electron chi connectivity index (χ4n) is 3.66. The molecule has 1 aliphatic carbocycles. The molecule has 1 amide bonds. The molecule has 0 atom stereocenters. The molecule has 0 unspecified atom stereocenters. The Labute approximate surface area is 181 Å². The monoisotopic (exact) mass is 459 g/mol. The number of anilines is 2. The summed E-state index contributed by atoms with van der Waals surface area (Å²) in [6, 6.07) is 8.07. The van der Waals surface area contributed by atoms with Crippen molar-refractivity contribution in [1.29, 1.82) is 0 Å². The normalized spacial score (nSPS) is 18.9. The van der Waals surface area contributed by atoms with Crippen LogP contribution in [0.3, 0.4) is 0 Å². The van der Waals surface area contributed by atoms with E-state index in [2.05, 4.69) is 36.5 Å². The van der Waals surface area contributed by atoms with Gasteiger partial charge in [0.25, 0.3) is 5.91 Å². The first kappa shape index (κ1) is 21.6. The predicted octanol–water partition coefficient (Wildman–Crippen LogP) is 4.32. The van der Waals surface area contributed by atoms with Crippen molar-refractivity contribution in [2.45, 2.75) is 45.6 Å². The first-order valence-electron chi connectivity index (χ1n) is 10.2. The number of amides is 1. The van der Waals surface area contributed by atoms with E-state index in [-0.39, 0.29) is 5.91 Å². The molecule has 0 saturated heterocycles. The molecule has 0 bridgehead atoms. The number of halogens is 1. The molecule has 7 heteroatoms. The molecule has 1 heterocycles. The third kappa shape index (κ3) is 5.92. The average molecular weight is 460 g/mol. The standard InChI is InChI=1S/C22H30BrN5O/c1-14-11-17(7-10-19(14)23)21(29)24-13-16-5-8-18(9-6-16)26-22-25-15(2)12-20(27-22)28(3)4/h7,10-12,16,18H,5-6,8-9,13H2,1-4H3,(H,24,29)(H,25,26,27). The maximum Gasteiger partial charge on any atom is 0.251 e. The highest BCUT2D eigenvalue weighted by atomic mass is 79.9. The highest BCUT2D eigenvalue weighted by Crippen LogP contribution is 2.26. The van der Waals surface area contributed by atoms with Crippen LogP contribution in [0.1, 0.15) is 47.3 Å². The van der Waals surface area contributed by atoms with Gasteiger partial charge in [-0.2, -0.15) is 4.98 Å². The predicted molar refractivity (Wildman–Crippen MR) is 122 cm³/mol. The Bertz CT molecular complexity index is 862. The van der Waals surface area contributed by atoms with Crippen molar-refractivity contribution in [3.05, 3.63) is 45.6 Å². The maximum absolute atomic E-state index is 12.4. The Morgan fingerprint density at radius 1 is 1.14 bits per heavy atom. The second-order valence-electron chi connectivity index (χ2n) is 8.12. The molecular formula is C22H30BrN5O. The van der Waals surface area contributed by atoms with E-state index in [1.54, 1.807) is 0 Å². The van der Waals surface area contributed by atoms with Crippen LogP contribution in [0.15, 0.2) is 28.7 Å². The number of carbonyl (C=O) groups is 1. The Kier molecular flexibility index (Phi) is 7.11.